The minimum atomic E-state index is -0.0427. The van der Waals surface area contributed by atoms with Crippen molar-refractivity contribution in [1.82, 2.24) is 20.0 Å². The number of amides is 1. The van der Waals surface area contributed by atoms with Crippen molar-refractivity contribution in [2.45, 2.75) is 52.7 Å². The van der Waals surface area contributed by atoms with Gasteiger partial charge in [0, 0.05) is 26.2 Å². The summed E-state index contributed by atoms with van der Waals surface area (Å²) in [5.41, 5.74) is 3.79. The summed E-state index contributed by atoms with van der Waals surface area (Å²) in [6.45, 7) is 11.9. The van der Waals surface area contributed by atoms with E-state index in [0.29, 0.717) is 12.1 Å². The Balaban J connectivity index is 1.55. The smallest absolute Gasteiger partial charge is 0.254 e. The van der Waals surface area contributed by atoms with Gasteiger partial charge in [-0.05, 0) is 45.7 Å². The Bertz CT molecular complexity index is 774. The zero-order valence-electron chi connectivity index (χ0n) is 17.4. The summed E-state index contributed by atoms with van der Waals surface area (Å²) in [5, 5.41) is 7.52. The molecule has 28 heavy (non-hydrogen) atoms. The highest BCUT2D eigenvalue weighted by Gasteiger charge is 2.22. The summed E-state index contributed by atoms with van der Waals surface area (Å²) in [6.07, 6.45) is 3.91. The summed E-state index contributed by atoms with van der Waals surface area (Å²) in [4.78, 5) is 15.1. The molecule has 1 amide bonds. The lowest BCUT2D eigenvalue weighted by Gasteiger charge is -2.35. The van der Waals surface area contributed by atoms with Crippen molar-refractivity contribution in [1.29, 1.82) is 0 Å². The first-order valence-electron chi connectivity index (χ1n) is 10.3. The van der Waals surface area contributed by atoms with E-state index in [2.05, 4.69) is 55.1 Å². The summed E-state index contributed by atoms with van der Waals surface area (Å²) in [5.74, 6) is -0.0427. The maximum absolute atomic E-state index is 12.7. The van der Waals surface area contributed by atoms with Crippen LogP contribution in [-0.4, -0.2) is 59.0 Å². The Hall–Kier alpha value is -2.18. The van der Waals surface area contributed by atoms with E-state index in [1.54, 1.807) is 6.20 Å². The number of aryl methyl sites for hydroxylation is 1. The predicted molar refractivity (Wildman–Crippen MR) is 111 cm³/mol. The van der Waals surface area contributed by atoms with Gasteiger partial charge >= 0.3 is 0 Å². The number of nitrogens with one attached hydrogen (secondary N) is 1. The van der Waals surface area contributed by atoms with Crippen molar-refractivity contribution in [3.8, 4) is 5.69 Å². The normalized spacial score (nSPS) is 20.3. The van der Waals surface area contributed by atoms with Crippen LogP contribution in [0.4, 0.5) is 0 Å². The highest BCUT2D eigenvalue weighted by Crippen LogP contribution is 2.16. The molecule has 1 aliphatic rings. The number of rotatable bonds is 7. The van der Waals surface area contributed by atoms with Crippen molar-refractivity contribution in [2.75, 3.05) is 26.2 Å². The monoisotopic (exact) mass is 384 g/mol. The van der Waals surface area contributed by atoms with Crippen LogP contribution in [0.3, 0.4) is 0 Å². The predicted octanol–water partition coefficient (Wildman–Crippen LogP) is 2.97. The molecule has 1 aromatic heterocycles. The van der Waals surface area contributed by atoms with Gasteiger partial charge in [0.05, 0.1) is 35.3 Å². The second kappa shape index (κ2) is 9.34. The first-order chi connectivity index (χ1) is 13.5. The van der Waals surface area contributed by atoms with Gasteiger partial charge in [-0.25, -0.2) is 4.68 Å². The van der Waals surface area contributed by atoms with E-state index in [4.69, 9.17) is 4.74 Å². The van der Waals surface area contributed by atoms with Crippen molar-refractivity contribution >= 4 is 5.91 Å². The summed E-state index contributed by atoms with van der Waals surface area (Å²) < 4.78 is 7.63. The largest absolute Gasteiger partial charge is 0.373 e. The molecule has 0 bridgehead atoms. The van der Waals surface area contributed by atoms with Crippen molar-refractivity contribution in [3.63, 3.8) is 0 Å². The van der Waals surface area contributed by atoms with E-state index < -0.39 is 0 Å². The molecule has 1 aliphatic heterocycles. The molecule has 0 saturated carbocycles. The van der Waals surface area contributed by atoms with Crippen LogP contribution in [0.25, 0.3) is 5.69 Å². The first-order valence-corrected chi connectivity index (χ1v) is 10.3. The molecular weight excluding hydrogens is 352 g/mol. The van der Waals surface area contributed by atoms with E-state index in [9.17, 15) is 4.79 Å². The number of ether oxygens (including phenoxy) is 1. The number of carbonyl (C=O) groups excluding carboxylic acids is 1. The fraction of sp³-hybridized carbons (Fsp3) is 0.545. The van der Waals surface area contributed by atoms with Gasteiger partial charge < -0.3 is 10.1 Å². The van der Waals surface area contributed by atoms with Gasteiger partial charge in [0.25, 0.3) is 5.91 Å². The number of morpholine rings is 1. The lowest BCUT2D eigenvalue weighted by molar-refractivity contribution is -0.0679. The minimum Gasteiger partial charge on any atom is -0.373 e. The van der Waals surface area contributed by atoms with Crippen LogP contribution in [-0.2, 0) is 11.2 Å². The molecule has 2 unspecified atom stereocenters. The molecule has 1 aromatic carbocycles. The highest BCUT2D eigenvalue weighted by molar-refractivity contribution is 5.95. The molecule has 1 N–H and O–H groups in total. The molecule has 1 saturated heterocycles. The number of hydrogen-bond acceptors (Lipinski definition) is 4. The van der Waals surface area contributed by atoms with Crippen LogP contribution in [0.15, 0.2) is 30.5 Å². The Morgan fingerprint density at radius 2 is 1.89 bits per heavy atom. The topological polar surface area (TPSA) is 59.4 Å². The Kier molecular flexibility index (Phi) is 6.86. The van der Waals surface area contributed by atoms with Gasteiger partial charge in [0.1, 0.15) is 0 Å². The molecule has 3 rings (SSSR count). The van der Waals surface area contributed by atoms with Crippen molar-refractivity contribution in [2.24, 2.45) is 0 Å². The molecular formula is C22H32N4O2. The van der Waals surface area contributed by atoms with Crippen LogP contribution in [0.2, 0.25) is 0 Å². The molecule has 6 heteroatoms. The second-order valence-corrected chi connectivity index (χ2v) is 7.73. The Labute approximate surface area is 167 Å². The second-order valence-electron chi connectivity index (χ2n) is 7.73. The SMILES string of the molecule is CCc1c(C(=O)NCCCN2CC(C)OC(C)C2)cnn1-c1ccc(C)cc1. The standard InChI is InChI=1S/C22H32N4O2/c1-5-21-20(13-24-26(21)19-9-7-16(2)8-10-19)22(27)23-11-6-12-25-14-17(3)28-18(4)15-25/h7-10,13,17-18H,5-6,11-12,14-15H2,1-4H3,(H,23,27). The van der Waals surface area contributed by atoms with E-state index >= 15 is 0 Å². The molecule has 2 heterocycles. The maximum atomic E-state index is 12.7. The number of hydrogen-bond donors (Lipinski definition) is 1. The van der Waals surface area contributed by atoms with Crippen LogP contribution >= 0.6 is 0 Å². The molecule has 2 atom stereocenters. The average molecular weight is 385 g/mol. The summed E-state index contributed by atoms with van der Waals surface area (Å²) >= 11 is 0. The molecule has 2 aromatic rings. The number of carbonyl (C=O) groups is 1. The zero-order chi connectivity index (χ0) is 20.1. The Morgan fingerprint density at radius 3 is 2.54 bits per heavy atom. The molecule has 6 nitrogen and oxygen atoms in total. The van der Waals surface area contributed by atoms with Gasteiger partial charge in [0.2, 0.25) is 0 Å². The minimum absolute atomic E-state index is 0.0427. The molecule has 0 radical (unpaired) electrons. The van der Waals surface area contributed by atoms with E-state index in [0.717, 1.165) is 43.9 Å². The van der Waals surface area contributed by atoms with Crippen LogP contribution < -0.4 is 5.32 Å². The van der Waals surface area contributed by atoms with E-state index in [-0.39, 0.29) is 18.1 Å². The van der Waals surface area contributed by atoms with Crippen molar-refractivity contribution < 1.29 is 9.53 Å². The van der Waals surface area contributed by atoms with Gasteiger partial charge in [-0.3, -0.25) is 9.69 Å². The van der Waals surface area contributed by atoms with E-state index in [1.807, 2.05) is 16.8 Å². The maximum Gasteiger partial charge on any atom is 0.254 e. The fourth-order valence-electron chi connectivity index (χ4n) is 3.88. The van der Waals surface area contributed by atoms with E-state index in [1.165, 1.54) is 5.56 Å². The first kappa shape index (κ1) is 20.6. The molecule has 152 valence electrons. The Morgan fingerprint density at radius 1 is 1.21 bits per heavy atom. The fourth-order valence-corrected chi connectivity index (χ4v) is 3.88. The quantitative estimate of drug-likeness (QED) is 0.746. The number of aromatic nitrogens is 2. The van der Waals surface area contributed by atoms with Crippen LogP contribution in [0, 0.1) is 6.92 Å². The third-order valence-electron chi connectivity index (χ3n) is 5.16. The van der Waals surface area contributed by atoms with Gasteiger partial charge in [-0.2, -0.15) is 5.10 Å². The van der Waals surface area contributed by atoms with Gasteiger partial charge in [-0.15, -0.1) is 0 Å². The zero-order valence-corrected chi connectivity index (χ0v) is 17.4. The van der Waals surface area contributed by atoms with Crippen molar-refractivity contribution in [3.05, 3.63) is 47.3 Å². The number of benzene rings is 1. The summed E-state index contributed by atoms with van der Waals surface area (Å²) in [7, 11) is 0. The third-order valence-corrected chi connectivity index (χ3v) is 5.16. The highest BCUT2D eigenvalue weighted by atomic mass is 16.5. The van der Waals surface area contributed by atoms with Gasteiger partial charge in [0.15, 0.2) is 0 Å². The molecule has 0 aliphatic carbocycles. The molecule has 0 spiro atoms. The van der Waals surface area contributed by atoms with Gasteiger partial charge in [-0.1, -0.05) is 24.6 Å². The molecule has 1 fully saturated rings. The summed E-state index contributed by atoms with van der Waals surface area (Å²) in [6, 6.07) is 8.19. The van der Waals surface area contributed by atoms with Crippen LogP contribution in [0.1, 0.15) is 48.8 Å². The lowest BCUT2D eigenvalue weighted by atomic mass is 10.1. The average Bonchev–Trinajstić information content (AvgIpc) is 3.09. The lowest BCUT2D eigenvalue weighted by Crippen LogP contribution is -2.46. The van der Waals surface area contributed by atoms with Crippen LogP contribution in [0.5, 0.6) is 0 Å². The third kappa shape index (κ3) is 5.00. The number of nitrogens with zero attached hydrogens (tertiary/aromatic N) is 3.